The van der Waals surface area contributed by atoms with Crippen LogP contribution in [0.5, 0.6) is 5.75 Å². The summed E-state index contributed by atoms with van der Waals surface area (Å²) < 4.78 is 24.0. The van der Waals surface area contributed by atoms with E-state index in [1.54, 1.807) is 12.1 Å². The number of carbonyl (C=O) groups is 1. The van der Waals surface area contributed by atoms with Crippen LogP contribution in [0.25, 0.3) is 6.08 Å². The van der Waals surface area contributed by atoms with Crippen molar-refractivity contribution >= 4 is 12.0 Å². The predicted octanol–water partition coefficient (Wildman–Crippen LogP) is 3.00. The summed E-state index contributed by atoms with van der Waals surface area (Å²) in [7, 11) is 1.41. The number of hydrogen-bond donors (Lipinski definition) is 1. The average molecular weight is 384 g/mol. The molecule has 0 unspecified atom stereocenters. The Morgan fingerprint density at radius 3 is 2.68 bits per heavy atom. The first-order chi connectivity index (χ1) is 13.7. The Kier molecular flexibility index (Phi) is 7.17. The van der Waals surface area contributed by atoms with E-state index in [0.717, 1.165) is 38.4 Å². The lowest BCUT2D eigenvalue weighted by atomic mass is 10.1. The smallest absolute Gasteiger partial charge is 0.244 e. The zero-order valence-corrected chi connectivity index (χ0v) is 16.0. The van der Waals surface area contributed by atoms with E-state index in [1.807, 2.05) is 18.2 Å². The van der Waals surface area contributed by atoms with Crippen LogP contribution in [0.2, 0.25) is 0 Å². The van der Waals surface area contributed by atoms with Gasteiger partial charge in [-0.1, -0.05) is 30.3 Å². The highest BCUT2D eigenvalue weighted by atomic mass is 19.1. The van der Waals surface area contributed by atoms with Gasteiger partial charge in [-0.05, 0) is 34.9 Å². The van der Waals surface area contributed by atoms with Crippen molar-refractivity contribution in [1.29, 1.82) is 0 Å². The molecule has 148 valence electrons. The molecule has 0 spiro atoms. The fraction of sp³-hybridized carbons (Fsp3) is 0.318. The van der Waals surface area contributed by atoms with Crippen LogP contribution >= 0.6 is 0 Å². The molecule has 1 heterocycles. The average Bonchev–Trinajstić information content (AvgIpc) is 2.72. The third-order valence-electron chi connectivity index (χ3n) is 4.67. The molecular formula is C22H25FN2O3. The van der Waals surface area contributed by atoms with E-state index in [9.17, 15) is 9.18 Å². The number of methoxy groups -OCH3 is 1. The molecule has 1 aliphatic rings. The molecule has 1 fully saturated rings. The van der Waals surface area contributed by atoms with E-state index < -0.39 is 5.82 Å². The molecule has 1 amide bonds. The molecule has 0 aliphatic carbocycles. The maximum atomic E-state index is 13.7. The lowest BCUT2D eigenvalue weighted by Crippen LogP contribution is -2.36. The summed E-state index contributed by atoms with van der Waals surface area (Å²) in [5.74, 6) is -0.502. The largest absolute Gasteiger partial charge is 0.494 e. The number of hydrogen-bond acceptors (Lipinski definition) is 4. The Hall–Kier alpha value is -2.70. The van der Waals surface area contributed by atoms with Crippen LogP contribution in [-0.4, -0.2) is 44.2 Å². The van der Waals surface area contributed by atoms with Gasteiger partial charge in [-0.3, -0.25) is 9.69 Å². The fourth-order valence-corrected chi connectivity index (χ4v) is 3.08. The van der Waals surface area contributed by atoms with Gasteiger partial charge in [0.25, 0.3) is 0 Å². The van der Waals surface area contributed by atoms with E-state index >= 15 is 0 Å². The zero-order chi connectivity index (χ0) is 19.8. The minimum atomic E-state index is -0.456. The molecule has 0 saturated carbocycles. The molecule has 0 aromatic heterocycles. The van der Waals surface area contributed by atoms with Crippen LogP contribution < -0.4 is 10.1 Å². The van der Waals surface area contributed by atoms with Crippen molar-refractivity contribution in [2.75, 3.05) is 33.4 Å². The van der Waals surface area contributed by atoms with E-state index in [1.165, 1.54) is 30.9 Å². The number of morpholine rings is 1. The molecule has 6 heteroatoms. The summed E-state index contributed by atoms with van der Waals surface area (Å²) in [6.07, 6.45) is 2.99. The van der Waals surface area contributed by atoms with Gasteiger partial charge >= 0.3 is 0 Å². The second-order valence-corrected chi connectivity index (χ2v) is 6.60. The molecule has 3 rings (SSSR count). The first kappa shape index (κ1) is 20.0. The topological polar surface area (TPSA) is 50.8 Å². The van der Waals surface area contributed by atoms with Gasteiger partial charge in [0, 0.05) is 32.3 Å². The van der Waals surface area contributed by atoms with E-state index in [0.29, 0.717) is 12.1 Å². The molecular weight excluding hydrogens is 359 g/mol. The normalized spacial score (nSPS) is 14.9. The summed E-state index contributed by atoms with van der Waals surface area (Å²) in [5.41, 5.74) is 2.89. The maximum absolute atomic E-state index is 13.7. The van der Waals surface area contributed by atoms with Gasteiger partial charge in [0.05, 0.1) is 20.3 Å². The molecule has 5 nitrogen and oxygen atoms in total. The maximum Gasteiger partial charge on any atom is 0.244 e. The van der Waals surface area contributed by atoms with Crippen molar-refractivity contribution in [3.8, 4) is 5.75 Å². The minimum Gasteiger partial charge on any atom is -0.494 e. The fourth-order valence-electron chi connectivity index (χ4n) is 3.08. The third-order valence-corrected chi connectivity index (χ3v) is 4.67. The van der Waals surface area contributed by atoms with E-state index in [4.69, 9.17) is 9.47 Å². The number of nitrogens with zero attached hydrogens (tertiary/aromatic N) is 1. The summed E-state index contributed by atoms with van der Waals surface area (Å²) in [6, 6.07) is 12.7. The van der Waals surface area contributed by atoms with Gasteiger partial charge in [-0.25, -0.2) is 4.39 Å². The number of halogens is 1. The van der Waals surface area contributed by atoms with Gasteiger partial charge in [-0.2, -0.15) is 0 Å². The SMILES string of the molecule is COc1ccc(C=CC(=O)NCc2ccccc2CN2CCOCC2)cc1F. The van der Waals surface area contributed by atoms with Gasteiger partial charge in [0.2, 0.25) is 5.91 Å². The van der Waals surface area contributed by atoms with Crippen molar-refractivity contribution in [2.24, 2.45) is 0 Å². The molecule has 2 aromatic rings. The molecule has 0 bridgehead atoms. The number of rotatable bonds is 7. The number of nitrogens with one attached hydrogen (secondary N) is 1. The van der Waals surface area contributed by atoms with Crippen molar-refractivity contribution in [1.82, 2.24) is 10.2 Å². The second-order valence-electron chi connectivity index (χ2n) is 6.60. The van der Waals surface area contributed by atoms with Crippen molar-refractivity contribution in [2.45, 2.75) is 13.1 Å². The molecule has 2 aromatic carbocycles. The predicted molar refractivity (Wildman–Crippen MR) is 106 cm³/mol. The van der Waals surface area contributed by atoms with E-state index in [2.05, 4.69) is 16.3 Å². The molecule has 1 N–H and O–H groups in total. The second kappa shape index (κ2) is 10.0. The zero-order valence-electron chi connectivity index (χ0n) is 16.0. The molecule has 0 atom stereocenters. The van der Waals surface area contributed by atoms with Crippen LogP contribution in [-0.2, 0) is 22.6 Å². The van der Waals surface area contributed by atoms with Crippen LogP contribution in [0.1, 0.15) is 16.7 Å². The monoisotopic (exact) mass is 384 g/mol. The summed E-state index contributed by atoms with van der Waals surface area (Å²) in [5, 5.41) is 2.90. The lowest BCUT2D eigenvalue weighted by molar-refractivity contribution is -0.116. The van der Waals surface area contributed by atoms with Crippen LogP contribution in [0.15, 0.2) is 48.5 Å². The molecule has 28 heavy (non-hydrogen) atoms. The first-order valence-electron chi connectivity index (χ1n) is 9.32. The lowest BCUT2D eigenvalue weighted by Gasteiger charge is -2.27. The van der Waals surface area contributed by atoms with Gasteiger partial charge in [0.15, 0.2) is 11.6 Å². The molecule has 1 aliphatic heterocycles. The highest BCUT2D eigenvalue weighted by Gasteiger charge is 2.12. The Morgan fingerprint density at radius 1 is 1.21 bits per heavy atom. The Balaban J connectivity index is 1.56. The van der Waals surface area contributed by atoms with Crippen LogP contribution in [0.4, 0.5) is 4.39 Å². The summed E-state index contributed by atoms with van der Waals surface area (Å²) in [4.78, 5) is 14.5. The third kappa shape index (κ3) is 5.65. The van der Waals surface area contributed by atoms with Gasteiger partial charge in [-0.15, -0.1) is 0 Å². The van der Waals surface area contributed by atoms with Crippen molar-refractivity contribution in [3.63, 3.8) is 0 Å². The summed E-state index contributed by atoms with van der Waals surface area (Å²) in [6.45, 7) is 4.64. The van der Waals surface area contributed by atoms with Crippen molar-refractivity contribution < 1.29 is 18.7 Å². The Morgan fingerprint density at radius 2 is 1.96 bits per heavy atom. The van der Waals surface area contributed by atoms with Crippen LogP contribution in [0.3, 0.4) is 0 Å². The molecule has 0 radical (unpaired) electrons. The summed E-state index contributed by atoms with van der Waals surface area (Å²) >= 11 is 0. The molecule has 1 saturated heterocycles. The van der Waals surface area contributed by atoms with Gasteiger partial charge < -0.3 is 14.8 Å². The quantitative estimate of drug-likeness (QED) is 0.746. The number of ether oxygens (including phenoxy) is 2. The van der Waals surface area contributed by atoms with Crippen molar-refractivity contribution in [3.05, 3.63) is 71.0 Å². The van der Waals surface area contributed by atoms with Crippen LogP contribution in [0, 0.1) is 5.82 Å². The minimum absolute atomic E-state index is 0.179. The number of benzene rings is 2. The van der Waals surface area contributed by atoms with E-state index in [-0.39, 0.29) is 11.7 Å². The standard InChI is InChI=1S/C22H25FN2O3/c1-27-21-8-6-17(14-20(21)23)7-9-22(26)24-15-18-4-2-3-5-19(18)16-25-10-12-28-13-11-25/h2-9,14H,10-13,15-16H2,1H3,(H,24,26). The Bertz CT molecular complexity index is 832. The highest BCUT2D eigenvalue weighted by Crippen LogP contribution is 2.18. The highest BCUT2D eigenvalue weighted by molar-refractivity contribution is 5.91. The Labute approximate surface area is 164 Å². The number of carbonyl (C=O) groups excluding carboxylic acids is 1. The first-order valence-corrected chi connectivity index (χ1v) is 9.32. The van der Waals surface area contributed by atoms with Gasteiger partial charge in [0.1, 0.15) is 0 Å². The number of amides is 1.